The number of hydrogen-bond acceptors (Lipinski definition) is 2. The minimum Gasteiger partial charge on any atom is -0.456 e. The van der Waals surface area contributed by atoms with Gasteiger partial charge in [0.15, 0.2) is 0 Å². The van der Waals surface area contributed by atoms with Gasteiger partial charge >= 0.3 is 0 Å². The van der Waals surface area contributed by atoms with E-state index >= 15 is 0 Å². The van der Waals surface area contributed by atoms with E-state index in [0.717, 1.165) is 33.8 Å². The standard InChI is InChI=1S/C21H19NO/c1-3-16-9-7-8-12-18(16)21(15(2)22)20-14-13-19(23-20)17-10-5-4-6-11-17/h3-14H,1,22H2,2H3/b21-15-. The van der Waals surface area contributed by atoms with E-state index in [4.69, 9.17) is 10.2 Å². The second kappa shape index (κ2) is 6.41. The fourth-order valence-corrected chi connectivity index (χ4v) is 2.67. The molecule has 1 aromatic heterocycles. The third-order valence-corrected chi connectivity index (χ3v) is 3.76. The Hall–Kier alpha value is -3.00. The molecule has 0 saturated carbocycles. The molecule has 3 aromatic rings. The average molecular weight is 301 g/mol. The minimum absolute atomic E-state index is 0.716. The van der Waals surface area contributed by atoms with Gasteiger partial charge in [0.1, 0.15) is 11.5 Å². The lowest BCUT2D eigenvalue weighted by molar-refractivity contribution is 0.567. The normalized spacial score (nSPS) is 11.9. The van der Waals surface area contributed by atoms with Crippen molar-refractivity contribution in [2.45, 2.75) is 6.92 Å². The van der Waals surface area contributed by atoms with Crippen molar-refractivity contribution >= 4 is 11.6 Å². The molecule has 23 heavy (non-hydrogen) atoms. The van der Waals surface area contributed by atoms with E-state index in [2.05, 4.69) is 6.58 Å². The highest BCUT2D eigenvalue weighted by molar-refractivity contribution is 5.84. The van der Waals surface area contributed by atoms with E-state index in [1.165, 1.54) is 0 Å². The Labute approximate surface area is 136 Å². The highest BCUT2D eigenvalue weighted by Gasteiger charge is 2.15. The maximum absolute atomic E-state index is 6.16. The van der Waals surface area contributed by atoms with Gasteiger partial charge in [-0.2, -0.15) is 0 Å². The Morgan fingerprint density at radius 1 is 0.957 bits per heavy atom. The summed E-state index contributed by atoms with van der Waals surface area (Å²) in [4.78, 5) is 0. The SMILES string of the molecule is C=Cc1ccccc1/C(=C(\C)N)c1ccc(-c2ccccc2)o1. The summed E-state index contributed by atoms with van der Waals surface area (Å²) in [5, 5.41) is 0. The molecule has 0 spiro atoms. The first-order valence-corrected chi connectivity index (χ1v) is 7.54. The van der Waals surface area contributed by atoms with Crippen LogP contribution in [0.3, 0.4) is 0 Å². The molecule has 0 aliphatic rings. The summed E-state index contributed by atoms with van der Waals surface area (Å²) < 4.78 is 6.07. The van der Waals surface area contributed by atoms with Crippen LogP contribution in [0.2, 0.25) is 0 Å². The van der Waals surface area contributed by atoms with E-state index in [1.807, 2.05) is 79.7 Å². The Morgan fingerprint density at radius 2 is 1.65 bits per heavy atom. The molecule has 114 valence electrons. The fraction of sp³-hybridized carbons (Fsp3) is 0.0476. The van der Waals surface area contributed by atoms with E-state index in [1.54, 1.807) is 0 Å². The predicted molar refractivity (Wildman–Crippen MR) is 96.6 cm³/mol. The van der Waals surface area contributed by atoms with Crippen LogP contribution in [-0.4, -0.2) is 0 Å². The van der Waals surface area contributed by atoms with Gasteiger partial charge in [-0.3, -0.25) is 0 Å². The smallest absolute Gasteiger partial charge is 0.137 e. The van der Waals surface area contributed by atoms with Crippen molar-refractivity contribution in [3.8, 4) is 11.3 Å². The van der Waals surface area contributed by atoms with E-state index in [9.17, 15) is 0 Å². The first kappa shape index (κ1) is 14.9. The van der Waals surface area contributed by atoms with Crippen LogP contribution in [0.4, 0.5) is 0 Å². The van der Waals surface area contributed by atoms with E-state index in [-0.39, 0.29) is 0 Å². The molecule has 2 aromatic carbocycles. The van der Waals surface area contributed by atoms with E-state index < -0.39 is 0 Å². The number of nitrogens with two attached hydrogens (primary N) is 1. The molecule has 2 heteroatoms. The molecular weight excluding hydrogens is 282 g/mol. The predicted octanol–water partition coefficient (Wildman–Crippen LogP) is 5.33. The van der Waals surface area contributed by atoms with Crippen LogP contribution < -0.4 is 5.73 Å². The molecule has 0 aliphatic carbocycles. The van der Waals surface area contributed by atoms with Gasteiger partial charge in [0.25, 0.3) is 0 Å². The Bertz CT molecular complexity index is 852. The van der Waals surface area contributed by atoms with Gasteiger partial charge in [-0.1, -0.05) is 67.3 Å². The van der Waals surface area contributed by atoms with Crippen LogP contribution in [0, 0.1) is 0 Å². The van der Waals surface area contributed by atoms with Gasteiger partial charge in [0.05, 0.1) is 0 Å². The van der Waals surface area contributed by atoms with Crippen LogP contribution >= 0.6 is 0 Å². The largest absolute Gasteiger partial charge is 0.456 e. The number of hydrogen-bond donors (Lipinski definition) is 1. The fourth-order valence-electron chi connectivity index (χ4n) is 2.67. The zero-order valence-electron chi connectivity index (χ0n) is 13.1. The van der Waals surface area contributed by atoms with E-state index in [0.29, 0.717) is 5.70 Å². The average Bonchev–Trinajstić information content (AvgIpc) is 3.05. The first-order chi connectivity index (χ1) is 11.2. The summed E-state index contributed by atoms with van der Waals surface area (Å²) in [6.07, 6.45) is 1.83. The van der Waals surface area contributed by atoms with Gasteiger partial charge in [0.2, 0.25) is 0 Å². The Kier molecular flexibility index (Phi) is 4.15. The van der Waals surface area contributed by atoms with Crippen molar-refractivity contribution in [2.24, 2.45) is 5.73 Å². The van der Waals surface area contributed by atoms with Crippen LogP contribution in [0.1, 0.15) is 23.8 Å². The first-order valence-electron chi connectivity index (χ1n) is 7.54. The number of rotatable bonds is 4. The second-order valence-corrected chi connectivity index (χ2v) is 5.38. The van der Waals surface area contributed by atoms with Crippen molar-refractivity contribution < 1.29 is 4.42 Å². The van der Waals surface area contributed by atoms with Crippen molar-refractivity contribution in [1.29, 1.82) is 0 Å². The molecule has 0 radical (unpaired) electrons. The summed E-state index contributed by atoms with van der Waals surface area (Å²) >= 11 is 0. The molecule has 0 fully saturated rings. The van der Waals surface area contributed by atoms with Crippen LogP contribution in [-0.2, 0) is 0 Å². The molecule has 0 aliphatic heterocycles. The van der Waals surface area contributed by atoms with Crippen molar-refractivity contribution in [2.75, 3.05) is 0 Å². The zero-order valence-corrected chi connectivity index (χ0v) is 13.1. The highest BCUT2D eigenvalue weighted by Crippen LogP contribution is 2.32. The Balaban J connectivity index is 2.10. The summed E-state index contributed by atoms with van der Waals surface area (Å²) in [5.74, 6) is 1.59. The summed E-state index contributed by atoms with van der Waals surface area (Å²) in [6.45, 7) is 5.77. The van der Waals surface area contributed by atoms with Crippen LogP contribution in [0.15, 0.2) is 83.4 Å². The highest BCUT2D eigenvalue weighted by atomic mass is 16.3. The molecule has 1 heterocycles. The number of furan rings is 1. The molecule has 3 rings (SSSR count). The van der Waals surface area contributed by atoms with Crippen LogP contribution in [0.5, 0.6) is 0 Å². The topological polar surface area (TPSA) is 39.2 Å². The monoisotopic (exact) mass is 301 g/mol. The zero-order chi connectivity index (χ0) is 16.2. The Morgan fingerprint density at radius 3 is 2.35 bits per heavy atom. The molecule has 2 N–H and O–H groups in total. The van der Waals surface area contributed by atoms with Crippen molar-refractivity contribution in [1.82, 2.24) is 0 Å². The van der Waals surface area contributed by atoms with Crippen molar-refractivity contribution in [3.63, 3.8) is 0 Å². The lowest BCUT2D eigenvalue weighted by Gasteiger charge is -2.11. The number of allylic oxidation sites excluding steroid dienone is 1. The summed E-state index contributed by atoms with van der Waals surface area (Å²) in [7, 11) is 0. The third kappa shape index (κ3) is 2.97. The van der Waals surface area contributed by atoms with Gasteiger partial charge < -0.3 is 10.2 Å². The van der Waals surface area contributed by atoms with Gasteiger partial charge in [0, 0.05) is 16.8 Å². The molecule has 0 unspecified atom stereocenters. The summed E-state index contributed by atoms with van der Waals surface area (Å²) in [5.41, 5.74) is 10.9. The van der Waals surface area contributed by atoms with Gasteiger partial charge in [-0.05, 0) is 30.2 Å². The summed E-state index contributed by atoms with van der Waals surface area (Å²) in [6, 6.07) is 22.0. The molecule has 2 nitrogen and oxygen atoms in total. The molecule has 0 saturated heterocycles. The molecule has 0 bridgehead atoms. The maximum atomic E-state index is 6.16. The van der Waals surface area contributed by atoms with Gasteiger partial charge in [-0.15, -0.1) is 0 Å². The molecular formula is C21H19NO. The lowest BCUT2D eigenvalue weighted by atomic mass is 9.96. The third-order valence-electron chi connectivity index (χ3n) is 3.76. The second-order valence-electron chi connectivity index (χ2n) is 5.38. The number of benzene rings is 2. The van der Waals surface area contributed by atoms with Crippen LogP contribution in [0.25, 0.3) is 23.0 Å². The maximum Gasteiger partial charge on any atom is 0.137 e. The minimum atomic E-state index is 0.716. The molecule has 0 atom stereocenters. The molecule has 0 amide bonds. The van der Waals surface area contributed by atoms with Crippen molar-refractivity contribution in [3.05, 3.63) is 95.9 Å². The quantitative estimate of drug-likeness (QED) is 0.707. The lowest BCUT2D eigenvalue weighted by Crippen LogP contribution is -2.00. The van der Waals surface area contributed by atoms with Gasteiger partial charge in [-0.25, -0.2) is 0 Å².